The summed E-state index contributed by atoms with van der Waals surface area (Å²) in [6, 6.07) is 69.2. The second kappa shape index (κ2) is 13.8. The van der Waals surface area contributed by atoms with Gasteiger partial charge in [0.15, 0.2) is 17.5 Å². The fraction of sp³-hybridized carbons (Fsp3) is 0. The Hall–Kier alpha value is -7.50. The van der Waals surface area contributed by atoms with Crippen molar-refractivity contribution >= 4 is 16.3 Å². The van der Waals surface area contributed by atoms with Crippen molar-refractivity contribution in [1.82, 2.24) is 24.6 Å². The quantitative estimate of drug-likeness (QED) is 0.166. The van der Waals surface area contributed by atoms with Crippen LogP contribution in [0.2, 0.25) is 0 Å². The van der Waals surface area contributed by atoms with E-state index in [1.807, 2.05) is 48.5 Å². The lowest BCUT2D eigenvalue weighted by atomic mass is 9.96. The Balaban J connectivity index is 1.13. The summed E-state index contributed by atoms with van der Waals surface area (Å²) in [6.45, 7) is 0. The number of nitrogens with zero attached hydrogens (tertiary/aromatic N) is 5. The third-order valence-corrected chi connectivity index (χ3v) is 10.1. The van der Waals surface area contributed by atoms with Crippen molar-refractivity contribution in [3.63, 3.8) is 0 Å². The van der Waals surface area contributed by atoms with Crippen LogP contribution in [-0.4, -0.2) is 24.6 Å². The third kappa shape index (κ3) is 6.04. The summed E-state index contributed by atoms with van der Waals surface area (Å²) in [5.41, 5.74) is 12.4. The Morgan fingerprint density at radius 3 is 1.29 bits per heavy atom. The largest absolute Gasteiger partial charge is 0.231 e. The smallest absolute Gasteiger partial charge is 0.164 e. The zero-order chi connectivity index (χ0) is 36.6. The Kier molecular flexibility index (Phi) is 8.08. The molecule has 258 valence electrons. The van der Waals surface area contributed by atoms with E-state index in [0.29, 0.717) is 17.5 Å². The topological polar surface area (TPSA) is 56.0 Å². The van der Waals surface area contributed by atoms with Crippen LogP contribution in [0.4, 0.5) is 0 Å². The van der Waals surface area contributed by atoms with Crippen LogP contribution in [-0.2, 0) is 0 Å². The van der Waals surface area contributed by atoms with Crippen molar-refractivity contribution in [2.75, 3.05) is 0 Å². The molecule has 0 saturated carbocycles. The average Bonchev–Trinajstić information content (AvgIpc) is 3.68. The number of pyridine rings is 1. The van der Waals surface area contributed by atoms with E-state index in [0.717, 1.165) is 72.2 Å². The zero-order valence-electron chi connectivity index (χ0n) is 29.8. The van der Waals surface area contributed by atoms with Crippen LogP contribution in [0.25, 0.3) is 95.2 Å². The second-order valence-corrected chi connectivity index (χ2v) is 13.5. The Labute approximate surface area is 318 Å². The molecule has 0 bridgehead atoms. The molecular weight excluding hydrogens is 671 g/mol. The van der Waals surface area contributed by atoms with E-state index in [1.165, 1.54) is 5.56 Å². The molecule has 7 aromatic carbocycles. The average molecular weight is 704 g/mol. The van der Waals surface area contributed by atoms with Crippen molar-refractivity contribution in [3.8, 4) is 78.9 Å². The van der Waals surface area contributed by atoms with Gasteiger partial charge in [0.2, 0.25) is 0 Å². The molecule has 0 radical (unpaired) electrons. The first-order chi connectivity index (χ1) is 27.3. The van der Waals surface area contributed by atoms with E-state index < -0.39 is 0 Å². The molecule has 0 amide bonds. The SMILES string of the molecule is c1ccc(-c2ccc(-c3nc(-c4ccccc4)nc(-c4ccc(-c5c(-c6ccccc6)nn6c(-c7ccccc7)cc7ccccc7c56)cc4)n3)cc2)cc1. The highest BCUT2D eigenvalue weighted by Crippen LogP contribution is 2.41. The van der Waals surface area contributed by atoms with Crippen LogP contribution < -0.4 is 0 Å². The van der Waals surface area contributed by atoms with Gasteiger partial charge in [0.05, 0.1) is 11.2 Å². The van der Waals surface area contributed by atoms with E-state index in [-0.39, 0.29) is 0 Å². The fourth-order valence-corrected chi connectivity index (χ4v) is 7.35. The van der Waals surface area contributed by atoms with Gasteiger partial charge in [0, 0.05) is 38.8 Å². The van der Waals surface area contributed by atoms with Crippen molar-refractivity contribution in [2.45, 2.75) is 0 Å². The predicted molar refractivity (Wildman–Crippen MR) is 224 cm³/mol. The first-order valence-electron chi connectivity index (χ1n) is 18.4. The summed E-state index contributed by atoms with van der Waals surface area (Å²) >= 11 is 0. The molecule has 0 spiro atoms. The standard InChI is InChI=1S/C50H33N5/c1-5-15-34(16-6-1)35-25-29-40(30-26-35)49-51-48(39-21-11-4-12-22-39)52-50(53-49)41-31-27-37(28-32-41)45-46(38-19-9-3-10-20-38)54-55-44(36-17-7-2-8-18-36)33-42-23-13-14-24-43(42)47(45)55/h1-33H. The lowest BCUT2D eigenvalue weighted by Crippen LogP contribution is -2.00. The van der Waals surface area contributed by atoms with Gasteiger partial charge in [-0.2, -0.15) is 5.10 Å². The van der Waals surface area contributed by atoms with E-state index in [1.54, 1.807) is 0 Å². The molecule has 0 fully saturated rings. The Morgan fingerprint density at radius 2 is 0.727 bits per heavy atom. The summed E-state index contributed by atoms with van der Waals surface area (Å²) in [7, 11) is 0. The van der Waals surface area contributed by atoms with Crippen molar-refractivity contribution in [1.29, 1.82) is 0 Å². The van der Waals surface area contributed by atoms with Gasteiger partial charge in [-0.3, -0.25) is 0 Å². The minimum absolute atomic E-state index is 0.613. The van der Waals surface area contributed by atoms with Crippen LogP contribution in [0.3, 0.4) is 0 Å². The summed E-state index contributed by atoms with van der Waals surface area (Å²) in [4.78, 5) is 15.0. The molecule has 0 atom stereocenters. The van der Waals surface area contributed by atoms with Gasteiger partial charge in [-0.05, 0) is 28.1 Å². The van der Waals surface area contributed by atoms with E-state index in [9.17, 15) is 0 Å². The summed E-state index contributed by atoms with van der Waals surface area (Å²) in [5, 5.41) is 7.67. The molecule has 5 heteroatoms. The van der Waals surface area contributed by atoms with E-state index in [4.69, 9.17) is 20.1 Å². The Bertz CT molecular complexity index is 2920. The molecule has 55 heavy (non-hydrogen) atoms. The Morgan fingerprint density at radius 1 is 0.327 bits per heavy atom. The lowest BCUT2D eigenvalue weighted by Gasteiger charge is -2.11. The van der Waals surface area contributed by atoms with Gasteiger partial charge in [-0.25, -0.2) is 19.5 Å². The molecule has 0 aliphatic heterocycles. The minimum atomic E-state index is 0.613. The van der Waals surface area contributed by atoms with Crippen LogP contribution in [0, 0.1) is 0 Å². The summed E-state index contributed by atoms with van der Waals surface area (Å²) in [6.07, 6.45) is 0. The number of benzene rings is 7. The van der Waals surface area contributed by atoms with E-state index >= 15 is 0 Å². The monoisotopic (exact) mass is 703 g/mol. The molecule has 3 aromatic heterocycles. The highest BCUT2D eigenvalue weighted by molar-refractivity contribution is 6.08. The van der Waals surface area contributed by atoms with Crippen molar-refractivity contribution < 1.29 is 0 Å². The van der Waals surface area contributed by atoms with Crippen LogP contribution >= 0.6 is 0 Å². The maximum Gasteiger partial charge on any atom is 0.164 e. The van der Waals surface area contributed by atoms with Crippen molar-refractivity contribution in [2.24, 2.45) is 0 Å². The summed E-state index contributed by atoms with van der Waals surface area (Å²) < 4.78 is 2.12. The number of rotatable bonds is 7. The molecule has 0 aliphatic rings. The highest BCUT2D eigenvalue weighted by Gasteiger charge is 2.22. The van der Waals surface area contributed by atoms with E-state index in [2.05, 4.69) is 156 Å². The highest BCUT2D eigenvalue weighted by atomic mass is 15.2. The van der Waals surface area contributed by atoms with Crippen LogP contribution in [0.15, 0.2) is 200 Å². The number of hydrogen-bond donors (Lipinski definition) is 0. The molecule has 0 aliphatic carbocycles. The van der Waals surface area contributed by atoms with Gasteiger partial charge in [0.1, 0.15) is 5.69 Å². The van der Waals surface area contributed by atoms with Gasteiger partial charge in [-0.1, -0.05) is 194 Å². The maximum absolute atomic E-state index is 5.37. The molecule has 0 unspecified atom stereocenters. The second-order valence-electron chi connectivity index (χ2n) is 13.5. The van der Waals surface area contributed by atoms with Gasteiger partial charge >= 0.3 is 0 Å². The third-order valence-electron chi connectivity index (χ3n) is 10.1. The fourth-order valence-electron chi connectivity index (χ4n) is 7.35. The number of aromatic nitrogens is 5. The molecule has 3 heterocycles. The summed E-state index contributed by atoms with van der Waals surface area (Å²) in [5.74, 6) is 1.87. The zero-order valence-corrected chi connectivity index (χ0v) is 29.8. The first kappa shape index (κ1) is 32.2. The molecular formula is C50H33N5. The lowest BCUT2D eigenvalue weighted by molar-refractivity contribution is 0.979. The molecule has 10 aromatic rings. The molecule has 10 rings (SSSR count). The van der Waals surface area contributed by atoms with Gasteiger partial charge in [0.25, 0.3) is 0 Å². The minimum Gasteiger partial charge on any atom is -0.231 e. The maximum atomic E-state index is 5.37. The normalized spacial score (nSPS) is 11.3. The molecule has 0 N–H and O–H groups in total. The number of fused-ring (bicyclic) bond motifs is 3. The first-order valence-corrected chi connectivity index (χ1v) is 18.4. The van der Waals surface area contributed by atoms with Crippen molar-refractivity contribution in [3.05, 3.63) is 200 Å². The predicted octanol–water partition coefficient (Wildman–Crippen LogP) is 12.3. The van der Waals surface area contributed by atoms with Gasteiger partial charge in [-0.15, -0.1) is 0 Å². The van der Waals surface area contributed by atoms with Crippen LogP contribution in [0.1, 0.15) is 0 Å². The molecule has 0 saturated heterocycles. The number of hydrogen-bond acceptors (Lipinski definition) is 4. The van der Waals surface area contributed by atoms with Crippen LogP contribution in [0.5, 0.6) is 0 Å². The molecule has 5 nitrogen and oxygen atoms in total. The van der Waals surface area contributed by atoms with Gasteiger partial charge < -0.3 is 0 Å².